The van der Waals surface area contributed by atoms with Gasteiger partial charge in [-0.05, 0) is 20.8 Å². The summed E-state index contributed by atoms with van der Waals surface area (Å²) in [7, 11) is 0. The van der Waals surface area contributed by atoms with Crippen LogP contribution in [-0.2, 0) is 0 Å². The molecule has 0 fully saturated rings. The Morgan fingerprint density at radius 3 is 2.00 bits per heavy atom. The Hall–Kier alpha value is -1.12. The monoisotopic (exact) mass is 185 g/mol. The molecule has 0 saturated heterocycles. The van der Waals surface area contributed by atoms with E-state index in [9.17, 15) is 8.78 Å². The fraction of sp³-hybridized carbons (Fsp3) is 0.400. The summed E-state index contributed by atoms with van der Waals surface area (Å²) >= 11 is 0. The maximum absolute atomic E-state index is 12.6. The molecule has 1 aromatic carbocycles. The van der Waals surface area contributed by atoms with Gasteiger partial charge in [0.1, 0.15) is 23.0 Å². The minimum absolute atomic E-state index is 0.182. The Morgan fingerprint density at radius 1 is 1.15 bits per heavy atom. The van der Waals surface area contributed by atoms with Crippen molar-refractivity contribution in [1.29, 1.82) is 0 Å². The first-order valence-corrected chi connectivity index (χ1v) is 3.94. The van der Waals surface area contributed by atoms with Crippen LogP contribution in [0.3, 0.4) is 0 Å². The number of ether oxygens (including phenoxy) is 1. The van der Waals surface area contributed by atoms with Crippen LogP contribution in [-0.4, -0.2) is 5.60 Å². The summed E-state index contributed by atoms with van der Waals surface area (Å²) in [5.74, 6) is -1.32. The van der Waals surface area contributed by atoms with Crippen molar-refractivity contribution in [1.82, 2.24) is 0 Å². The third-order valence-electron chi connectivity index (χ3n) is 1.20. The van der Waals surface area contributed by atoms with Crippen molar-refractivity contribution in [2.45, 2.75) is 26.4 Å². The zero-order chi connectivity index (χ0) is 10.1. The Labute approximate surface area is 76.3 Å². The molecule has 0 atom stereocenters. The maximum Gasteiger partial charge on any atom is 0.137 e. The van der Waals surface area contributed by atoms with Gasteiger partial charge in [0, 0.05) is 12.1 Å². The van der Waals surface area contributed by atoms with E-state index in [1.807, 2.05) is 6.07 Å². The highest BCUT2D eigenvalue weighted by atomic mass is 19.1. The molecule has 0 spiro atoms. The lowest BCUT2D eigenvalue weighted by molar-refractivity contribution is 0.130. The lowest BCUT2D eigenvalue weighted by Gasteiger charge is -2.21. The minimum Gasteiger partial charge on any atom is -0.488 e. The van der Waals surface area contributed by atoms with Gasteiger partial charge in [-0.2, -0.15) is 0 Å². The van der Waals surface area contributed by atoms with Crippen molar-refractivity contribution >= 4 is 0 Å². The van der Waals surface area contributed by atoms with Crippen LogP contribution in [0.4, 0.5) is 8.78 Å². The number of hydrogen-bond donors (Lipinski definition) is 0. The van der Waals surface area contributed by atoms with E-state index in [4.69, 9.17) is 4.74 Å². The summed E-state index contributed by atoms with van der Waals surface area (Å²) in [5, 5.41) is 0. The van der Waals surface area contributed by atoms with E-state index in [1.165, 1.54) is 0 Å². The molecule has 1 rings (SSSR count). The Bertz CT molecular complexity index is 282. The average molecular weight is 185 g/mol. The van der Waals surface area contributed by atoms with E-state index in [0.717, 1.165) is 12.1 Å². The summed E-state index contributed by atoms with van der Waals surface area (Å²) in [5.41, 5.74) is -0.458. The molecular formula is C10H11F2O. The van der Waals surface area contributed by atoms with Gasteiger partial charge >= 0.3 is 0 Å². The number of halogens is 2. The minimum atomic E-state index is -0.751. The molecule has 1 nitrogen and oxygen atoms in total. The average Bonchev–Trinajstić information content (AvgIpc) is 1.78. The van der Waals surface area contributed by atoms with Gasteiger partial charge in [0.25, 0.3) is 0 Å². The van der Waals surface area contributed by atoms with Crippen LogP contribution in [0.5, 0.6) is 5.75 Å². The summed E-state index contributed by atoms with van der Waals surface area (Å²) in [6.45, 7) is 5.42. The van der Waals surface area contributed by atoms with Gasteiger partial charge in [0.05, 0.1) is 6.07 Å². The Balaban J connectivity index is 2.90. The van der Waals surface area contributed by atoms with Crippen molar-refractivity contribution in [2.24, 2.45) is 0 Å². The van der Waals surface area contributed by atoms with E-state index < -0.39 is 17.2 Å². The molecule has 13 heavy (non-hydrogen) atoms. The van der Waals surface area contributed by atoms with Crippen LogP contribution in [0.2, 0.25) is 0 Å². The predicted molar refractivity (Wildman–Crippen MR) is 45.6 cm³/mol. The van der Waals surface area contributed by atoms with Gasteiger partial charge in [-0.15, -0.1) is 0 Å². The second-order valence-corrected chi connectivity index (χ2v) is 3.73. The van der Waals surface area contributed by atoms with E-state index in [-0.39, 0.29) is 5.75 Å². The van der Waals surface area contributed by atoms with Crippen molar-refractivity contribution in [3.8, 4) is 5.75 Å². The Kier molecular flexibility index (Phi) is 2.55. The summed E-state index contributed by atoms with van der Waals surface area (Å²) in [6.07, 6.45) is 0. The molecule has 0 saturated carbocycles. The molecule has 0 aromatic heterocycles. The number of benzene rings is 1. The molecular weight excluding hydrogens is 174 g/mol. The third-order valence-corrected chi connectivity index (χ3v) is 1.20. The van der Waals surface area contributed by atoms with Gasteiger partial charge in [0.2, 0.25) is 0 Å². The fourth-order valence-corrected chi connectivity index (χ4v) is 0.890. The zero-order valence-corrected chi connectivity index (χ0v) is 7.82. The molecule has 0 N–H and O–H groups in total. The van der Waals surface area contributed by atoms with Gasteiger partial charge in [-0.3, -0.25) is 0 Å². The quantitative estimate of drug-likeness (QED) is 0.653. The van der Waals surface area contributed by atoms with Crippen molar-refractivity contribution in [3.05, 3.63) is 29.8 Å². The first-order valence-electron chi connectivity index (χ1n) is 3.94. The highest BCUT2D eigenvalue weighted by molar-refractivity contribution is 5.23. The van der Waals surface area contributed by atoms with E-state index >= 15 is 0 Å². The summed E-state index contributed by atoms with van der Waals surface area (Å²) in [6, 6.07) is 4.09. The van der Waals surface area contributed by atoms with Gasteiger partial charge in [0.15, 0.2) is 0 Å². The lowest BCUT2D eigenvalue weighted by atomic mass is 10.2. The number of rotatable bonds is 1. The van der Waals surface area contributed by atoms with Crippen LogP contribution in [0.15, 0.2) is 12.1 Å². The van der Waals surface area contributed by atoms with Gasteiger partial charge in [-0.1, -0.05) is 0 Å². The first-order chi connectivity index (χ1) is 5.87. The molecule has 0 unspecified atom stereocenters. The van der Waals surface area contributed by atoms with Crippen LogP contribution < -0.4 is 4.74 Å². The van der Waals surface area contributed by atoms with Crippen LogP contribution in [0.1, 0.15) is 20.8 Å². The van der Waals surface area contributed by atoms with E-state index in [0.29, 0.717) is 0 Å². The Morgan fingerprint density at radius 2 is 1.62 bits per heavy atom. The van der Waals surface area contributed by atoms with Gasteiger partial charge < -0.3 is 4.74 Å². The standard InChI is InChI=1S/C10H11F2O/c1-10(2,3)13-9-5-7(11)4-8(12)6-9/h5-6H,1-3H3. The molecule has 0 amide bonds. The lowest BCUT2D eigenvalue weighted by Crippen LogP contribution is -2.23. The second-order valence-electron chi connectivity index (χ2n) is 3.73. The van der Waals surface area contributed by atoms with E-state index in [1.54, 1.807) is 20.8 Å². The molecule has 1 radical (unpaired) electrons. The van der Waals surface area contributed by atoms with Crippen LogP contribution in [0.25, 0.3) is 0 Å². The fourth-order valence-electron chi connectivity index (χ4n) is 0.890. The highest BCUT2D eigenvalue weighted by Gasteiger charge is 2.13. The second kappa shape index (κ2) is 3.32. The van der Waals surface area contributed by atoms with Crippen LogP contribution in [0, 0.1) is 17.7 Å². The summed E-state index contributed by atoms with van der Waals surface area (Å²) in [4.78, 5) is 0. The smallest absolute Gasteiger partial charge is 0.137 e. The molecule has 3 heteroatoms. The summed E-state index contributed by atoms with van der Waals surface area (Å²) < 4.78 is 30.5. The normalized spacial score (nSPS) is 11.5. The van der Waals surface area contributed by atoms with E-state index in [2.05, 4.69) is 0 Å². The maximum atomic E-state index is 12.6. The molecule has 0 bridgehead atoms. The molecule has 0 heterocycles. The molecule has 71 valence electrons. The van der Waals surface area contributed by atoms with Crippen molar-refractivity contribution in [2.75, 3.05) is 0 Å². The third kappa shape index (κ3) is 3.40. The highest BCUT2D eigenvalue weighted by Crippen LogP contribution is 2.19. The number of hydrogen-bond acceptors (Lipinski definition) is 1. The van der Waals surface area contributed by atoms with Crippen molar-refractivity contribution in [3.63, 3.8) is 0 Å². The predicted octanol–water partition coefficient (Wildman–Crippen LogP) is 2.94. The SMILES string of the molecule is CC(C)(C)Oc1cc(F)[c]c(F)c1. The molecule has 0 aliphatic rings. The largest absolute Gasteiger partial charge is 0.488 e. The first kappa shape index (κ1) is 9.96. The topological polar surface area (TPSA) is 9.23 Å². The van der Waals surface area contributed by atoms with Crippen molar-refractivity contribution < 1.29 is 13.5 Å². The molecule has 0 aliphatic carbocycles. The zero-order valence-electron chi connectivity index (χ0n) is 7.82. The van der Waals surface area contributed by atoms with Gasteiger partial charge in [-0.25, -0.2) is 8.78 Å². The molecule has 0 aliphatic heterocycles. The molecule has 1 aromatic rings. The van der Waals surface area contributed by atoms with Crippen LogP contribution >= 0.6 is 0 Å².